The van der Waals surface area contributed by atoms with Crippen molar-refractivity contribution >= 4 is 17.8 Å². The van der Waals surface area contributed by atoms with Gasteiger partial charge in [0.15, 0.2) is 0 Å². The van der Waals surface area contributed by atoms with Crippen LogP contribution in [-0.4, -0.2) is 35.5 Å². The first-order chi connectivity index (χ1) is 8.45. The van der Waals surface area contributed by atoms with Gasteiger partial charge in [0.05, 0.1) is 5.92 Å². The molecule has 1 fully saturated rings. The first kappa shape index (κ1) is 14.5. The van der Waals surface area contributed by atoms with Crippen LogP contribution >= 0.6 is 0 Å². The summed E-state index contributed by atoms with van der Waals surface area (Å²) < 4.78 is 0. The minimum absolute atomic E-state index is 0.0595. The van der Waals surface area contributed by atoms with Gasteiger partial charge in [-0.15, -0.1) is 0 Å². The summed E-state index contributed by atoms with van der Waals surface area (Å²) in [6.45, 7) is 3.97. The fraction of sp³-hybridized carbons (Fsp3) is 0.750. The molecule has 0 aromatic carbocycles. The lowest BCUT2D eigenvalue weighted by molar-refractivity contribution is -0.144. The molecule has 0 bridgehead atoms. The van der Waals surface area contributed by atoms with Gasteiger partial charge in [0.2, 0.25) is 11.8 Å². The number of hydrogen-bond donors (Lipinski definition) is 3. The maximum atomic E-state index is 11.9. The van der Waals surface area contributed by atoms with Gasteiger partial charge in [-0.2, -0.15) is 0 Å². The topological polar surface area (TPSA) is 95.5 Å². The van der Waals surface area contributed by atoms with E-state index in [0.29, 0.717) is 19.3 Å². The summed E-state index contributed by atoms with van der Waals surface area (Å²) in [7, 11) is 0. The van der Waals surface area contributed by atoms with Gasteiger partial charge in [0.1, 0.15) is 6.04 Å². The molecule has 0 saturated carbocycles. The van der Waals surface area contributed by atoms with Crippen molar-refractivity contribution in [1.82, 2.24) is 10.6 Å². The Kier molecular flexibility index (Phi) is 5.12. The predicted molar refractivity (Wildman–Crippen MR) is 64.8 cm³/mol. The van der Waals surface area contributed by atoms with Crippen molar-refractivity contribution in [2.75, 3.05) is 6.54 Å². The molecule has 6 nitrogen and oxygen atoms in total. The zero-order valence-electron chi connectivity index (χ0n) is 10.7. The smallest absolute Gasteiger partial charge is 0.326 e. The number of aliphatic carboxylic acids is 1. The highest BCUT2D eigenvalue weighted by molar-refractivity contribution is 5.87. The molecule has 0 aliphatic carbocycles. The van der Waals surface area contributed by atoms with Crippen LogP contribution in [-0.2, 0) is 14.4 Å². The number of rotatable bonds is 5. The van der Waals surface area contributed by atoms with Crippen LogP contribution in [0.25, 0.3) is 0 Å². The first-order valence-corrected chi connectivity index (χ1v) is 6.25. The maximum absolute atomic E-state index is 11.9. The molecule has 3 N–H and O–H groups in total. The molecule has 18 heavy (non-hydrogen) atoms. The van der Waals surface area contributed by atoms with Crippen LogP contribution in [0.4, 0.5) is 0 Å². The Hall–Kier alpha value is -1.59. The Balaban J connectivity index is 2.56. The predicted octanol–water partition coefficient (Wildman–Crippen LogP) is 0.128. The molecule has 3 unspecified atom stereocenters. The molecule has 1 aliphatic rings. The molecule has 1 heterocycles. The van der Waals surface area contributed by atoms with E-state index in [2.05, 4.69) is 10.6 Å². The van der Waals surface area contributed by atoms with E-state index in [0.717, 1.165) is 0 Å². The lowest BCUT2D eigenvalue weighted by Gasteiger charge is -2.25. The number of nitrogens with one attached hydrogen (secondary N) is 2. The molecule has 2 amide bonds. The number of carboxylic acid groups (broad SMARTS) is 1. The van der Waals surface area contributed by atoms with E-state index in [1.165, 1.54) is 0 Å². The van der Waals surface area contributed by atoms with Crippen molar-refractivity contribution in [1.29, 1.82) is 0 Å². The highest BCUT2D eigenvalue weighted by Gasteiger charge is 2.30. The molecular formula is C12H20N2O4. The van der Waals surface area contributed by atoms with Crippen LogP contribution in [0.2, 0.25) is 0 Å². The van der Waals surface area contributed by atoms with Crippen molar-refractivity contribution in [3.8, 4) is 0 Å². The number of carboxylic acids is 1. The van der Waals surface area contributed by atoms with E-state index in [4.69, 9.17) is 5.11 Å². The highest BCUT2D eigenvalue weighted by atomic mass is 16.4. The molecule has 3 atom stereocenters. The second-order valence-corrected chi connectivity index (χ2v) is 4.75. The summed E-state index contributed by atoms with van der Waals surface area (Å²) in [5.74, 6) is -1.81. The van der Waals surface area contributed by atoms with Crippen molar-refractivity contribution in [3.05, 3.63) is 0 Å². The van der Waals surface area contributed by atoms with Gasteiger partial charge >= 0.3 is 5.97 Å². The molecule has 1 aliphatic heterocycles. The van der Waals surface area contributed by atoms with Crippen LogP contribution in [0.3, 0.4) is 0 Å². The highest BCUT2D eigenvalue weighted by Crippen LogP contribution is 2.13. The van der Waals surface area contributed by atoms with Gasteiger partial charge in [-0.3, -0.25) is 9.59 Å². The number of hydrogen-bond acceptors (Lipinski definition) is 3. The quantitative estimate of drug-likeness (QED) is 0.651. The Bertz CT molecular complexity index is 333. The second-order valence-electron chi connectivity index (χ2n) is 4.75. The van der Waals surface area contributed by atoms with E-state index in [1.54, 1.807) is 6.92 Å². The van der Waals surface area contributed by atoms with Crippen LogP contribution in [0.1, 0.15) is 33.1 Å². The third-order valence-electron chi connectivity index (χ3n) is 3.41. The minimum Gasteiger partial charge on any atom is -0.480 e. The fourth-order valence-corrected chi connectivity index (χ4v) is 1.91. The molecule has 1 rings (SSSR count). The summed E-state index contributed by atoms with van der Waals surface area (Å²) in [5.41, 5.74) is 0. The summed E-state index contributed by atoms with van der Waals surface area (Å²) in [5, 5.41) is 14.3. The van der Waals surface area contributed by atoms with Gasteiger partial charge in [-0.05, 0) is 12.3 Å². The van der Waals surface area contributed by atoms with E-state index >= 15 is 0 Å². The minimum atomic E-state index is -1.02. The van der Waals surface area contributed by atoms with E-state index in [1.807, 2.05) is 6.92 Å². The van der Waals surface area contributed by atoms with Crippen LogP contribution < -0.4 is 10.6 Å². The van der Waals surface area contributed by atoms with E-state index < -0.39 is 12.0 Å². The largest absolute Gasteiger partial charge is 0.480 e. The Labute approximate surface area is 106 Å². The van der Waals surface area contributed by atoms with Crippen molar-refractivity contribution in [2.45, 2.75) is 39.2 Å². The first-order valence-electron chi connectivity index (χ1n) is 6.25. The van der Waals surface area contributed by atoms with Crippen molar-refractivity contribution < 1.29 is 19.5 Å². The molecule has 6 heteroatoms. The standard InChI is InChI=1S/C12H20N2O4/c1-3-7(2)10(12(17)18)14-11(16)8-4-5-9(15)13-6-8/h7-8,10H,3-6H2,1-2H3,(H,13,15)(H,14,16)(H,17,18). The molecule has 0 spiro atoms. The van der Waals surface area contributed by atoms with Gasteiger partial charge in [0, 0.05) is 13.0 Å². The third kappa shape index (κ3) is 3.72. The molecule has 0 aromatic rings. The fourth-order valence-electron chi connectivity index (χ4n) is 1.91. The summed E-state index contributed by atoms with van der Waals surface area (Å²) in [4.78, 5) is 34.0. The maximum Gasteiger partial charge on any atom is 0.326 e. The van der Waals surface area contributed by atoms with Gasteiger partial charge in [-0.25, -0.2) is 4.79 Å². The van der Waals surface area contributed by atoms with Gasteiger partial charge < -0.3 is 15.7 Å². The second kappa shape index (κ2) is 6.37. The van der Waals surface area contributed by atoms with Crippen LogP contribution in [0.15, 0.2) is 0 Å². The number of carbonyl (C=O) groups is 3. The number of amides is 2. The lowest BCUT2D eigenvalue weighted by atomic mass is 9.95. The van der Waals surface area contributed by atoms with Crippen LogP contribution in [0, 0.1) is 11.8 Å². The Morgan fingerprint density at radius 3 is 2.67 bits per heavy atom. The summed E-state index contributed by atoms with van der Waals surface area (Å²) in [6, 6.07) is -0.861. The number of carbonyl (C=O) groups excluding carboxylic acids is 2. The molecule has 0 aromatic heterocycles. The molecule has 0 radical (unpaired) electrons. The van der Waals surface area contributed by atoms with Crippen molar-refractivity contribution in [2.24, 2.45) is 11.8 Å². The molecule has 1 saturated heterocycles. The monoisotopic (exact) mass is 256 g/mol. The number of piperidine rings is 1. The average molecular weight is 256 g/mol. The van der Waals surface area contributed by atoms with Crippen molar-refractivity contribution in [3.63, 3.8) is 0 Å². The van der Waals surface area contributed by atoms with E-state index in [9.17, 15) is 14.4 Å². The molecule has 102 valence electrons. The lowest BCUT2D eigenvalue weighted by Crippen LogP contribution is -2.50. The average Bonchev–Trinajstić information content (AvgIpc) is 2.35. The molecular weight excluding hydrogens is 236 g/mol. The zero-order valence-corrected chi connectivity index (χ0v) is 10.7. The Morgan fingerprint density at radius 1 is 1.56 bits per heavy atom. The van der Waals surface area contributed by atoms with Crippen LogP contribution in [0.5, 0.6) is 0 Å². The normalized spacial score (nSPS) is 22.8. The summed E-state index contributed by atoms with van der Waals surface area (Å²) in [6.07, 6.45) is 1.47. The zero-order chi connectivity index (χ0) is 13.7. The van der Waals surface area contributed by atoms with Gasteiger partial charge in [-0.1, -0.05) is 20.3 Å². The van der Waals surface area contributed by atoms with E-state index in [-0.39, 0.29) is 30.2 Å². The van der Waals surface area contributed by atoms with Gasteiger partial charge in [0.25, 0.3) is 0 Å². The SMILES string of the molecule is CCC(C)C(NC(=O)C1CCC(=O)NC1)C(=O)O. The summed E-state index contributed by atoms with van der Waals surface area (Å²) >= 11 is 0. The Morgan fingerprint density at radius 2 is 2.22 bits per heavy atom. The third-order valence-corrected chi connectivity index (χ3v) is 3.41.